The second kappa shape index (κ2) is 6.35. The number of esters is 1. The maximum absolute atomic E-state index is 12.3. The van der Waals surface area contributed by atoms with Crippen LogP contribution in [0.2, 0.25) is 0 Å². The molecule has 1 atom stereocenters. The van der Waals surface area contributed by atoms with Crippen LogP contribution in [0.25, 0.3) is 0 Å². The first-order valence-electron chi connectivity index (χ1n) is 7.01. The summed E-state index contributed by atoms with van der Waals surface area (Å²) in [6, 6.07) is 9.67. The van der Waals surface area contributed by atoms with Crippen LogP contribution in [-0.2, 0) is 14.3 Å². The molecule has 1 aliphatic rings. The molecule has 0 saturated carbocycles. The van der Waals surface area contributed by atoms with E-state index in [1.165, 1.54) is 0 Å². The number of rotatable bonds is 3. The molecule has 22 heavy (non-hydrogen) atoms. The van der Waals surface area contributed by atoms with Gasteiger partial charge in [0.1, 0.15) is 17.4 Å². The highest BCUT2D eigenvalue weighted by Crippen LogP contribution is 2.39. The van der Waals surface area contributed by atoms with E-state index in [9.17, 15) is 10.1 Å². The van der Waals surface area contributed by atoms with Crippen LogP contribution in [-0.4, -0.2) is 12.6 Å². The summed E-state index contributed by atoms with van der Waals surface area (Å²) in [5, 5.41) is 9.44. The topological polar surface area (TPSA) is 85.3 Å². The highest BCUT2D eigenvalue weighted by Gasteiger charge is 2.36. The zero-order valence-corrected chi connectivity index (χ0v) is 12.8. The Morgan fingerprint density at radius 2 is 2.18 bits per heavy atom. The highest BCUT2D eigenvalue weighted by atomic mass is 16.5. The molecule has 0 amide bonds. The van der Waals surface area contributed by atoms with Crippen molar-refractivity contribution in [3.05, 3.63) is 58.2 Å². The normalized spacial score (nSPS) is 17.8. The number of ether oxygens (including phenoxy) is 2. The van der Waals surface area contributed by atoms with Crippen molar-refractivity contribution in [2.24, 2.45) is 5.73 Å². The molecule has 114 valence electrons. The van der Waals surface area contributed by atoms with E-state index in [1.54, 1.807) is 13.8 Å². The van der Waals surface area contributed by atoms with Gasteiger partial charge in [0.15, 0.2) is 0 Å². The van der Waals surface area contributed by atoms with Gasteiger partial charge in [-0.3, -0.25) is 0 Å². The lowest BCUT2D eigenvalue weighted by Gasteiger charge is -2.27. The summed E-state index contributed by atoms with van der Waals surface area (Å²) < 4.78 is 10.5. The summed E-state index contributed by atoms with van der Waals surface area (Å²) in [7, 11) is 0. The lowest BCUT2D eigenvalue weighted by Crippen LogP contribution is -2.25. The smallest absolute Gasteiger partial charge is 0.338 e. The molecule has 1 aromatic rings. The fraction of sp³-hybridized carbons (Fsp3) is 0.294. The first-order valence-corrected chi connectivity index (χ1v) is 7.01. The zero-order valence-electron chi connectivity index (χ0n) is 12.8. The van der Waals surface area contributed by atoms with Gasteiger partial charge in [0.2, 0.25) is 5.88 Å². The standard InChI is InChI=1S/C17H18N2O3/c1-4-21-17(20)14-11(3)22-16(19)13(9-18)15(14)12-7-5-6-10(2)8-12/h5-8,15H,4,19H2,1-3H3/t15-/m1/s1. The Kier molecular flexibility index (Phi) is 4.52. The van der Waals surface area contributed by atoms with Gasteiger partial charge < -0.3 is 15.2 Å². The highest BCUT2D eigenvalue weighted by molar-refractivity contribution is 5.92. The van der Waals surface area contributed by atoms with Gasteiger partial charge in [0.25, 0.3) is 0 Å². The number of nitrogens with zero attached hydrogens (tertiary/aromatic N) is 1. The van der Waals surface area contributed by atoms with Crippen LogP contribution in [0.15, 0.2) is 47.1 Å². The molecule has 1 aromatic carbocycles. The van der Waals surface area contributed by atoms with Crippen LogP contribution in [0.4, 0.5) is 0 Å². The number of benzene rings is 1. The van der Waals surface area contributed by atoms with Gasteiger partial charge in [0.05, 0.1) is 18.1 Å². The van der Waals surface area contributed by atoms with E-state index < -0.39 is 11.9 Å². The summed E-state index contributed by atoms with van der Waals surface area (Å²) in [6.07, 6.45) is 0. The predicted octanol–water partition coefficient (Wildman–Crippen LogP) is 2.64. The minimum Gasteiger partial charge on any atom is -0.463 e. The van der Waals surface area contributed by atoms with E-state index in [-0.39, 0.29) is 18.1 Å². The first-order chi connectivity index (χ1) is 10.5. The van der Waals surface area contributed by atoms with E-state index in [0.29, 0.717) is 11.3 Å². The Labute approximate surface area is 129 Å². The summed E-state index contributed by atoms with van der Waals surface area (Å²) >= 11 is 0. The summed E-state index contributed by atoms with van der Waals surface area (Å²) in [4.78, 5) is 12.3. The van der Waals surface area contributed by atoms with Gasteiger partial charge in [-0.15, -0.1) is 0 Å². The number of carbonyl (C=O) groups excluding carboxylic acids is 1. The first kappa shape index (κ1) is 15.6. The summed E-state index contributed by atoms with van der Waals surface area (Å²) in [5.74, 6) is -0.675. The van der Waals surface area contributed by atoms with Gasteiger partial charge in [-0.25, -0.2) is 4.79 Å². The van der Waals surface area contributed by atoms with Crippen molar-refractivity contribution in [1.29, 1.82) is 5.26 Å². The van der Waals surface area contributed by atoms with Crippen molar-refractivity contribution in [1.82, 2.24) is 0 Å². The fourth-order valence-electron chi connectivity index (χ4n) is 2.54. The molecule has 0 saturated heterocycles. The average molecular weight is 298 g/mol. The Bertz CT molecular complexity index is 711. The van der Waals surface area contributed by atoms with Crippen LogP contribution < -0.4 is 5.73 Å². The monoisotopic (exact) mass is 298 g/mol. The molecule has 2 rings (SSSR count). The van der Waals surface area contributed by atoms with E-state index >= 15 is 0 Å². The van der Waals surface area contributed by atoms with Crippen LogP contribution in [0.5, 0.6) is 0 Å². The van der Waals surface area contributed by atoms with E-state index in [2.05, 4.69) is 6.07 Å². The molecule has 5 nitrogen and oxygen atoms in total. The quantitative estimate of drug-likeness (QED) is 0.867. The van der Waals surface area contributed by atoms with E-state index in [0.717, 1.165) is 11.1 Å². The summed E-state index contributed by atoms with van der Waals surface area (Å²) in [5.41, 5.74) is 8.21. The van der Waals surface area contributed by atoms with Crippen LogP contribution >= 0.6 is 0 Å². The van der Waals surface area contributed by atoms with Gasteiger partial charge in [0, 0.05) is 0 Å². The van der Waals surface area contributed by atoms with E-state index in [1.807, 2.05) is 31.2 Å². The SMILES string of the molecule is CCOC(=O)C1=C(C)OC(N)=C(C#N)[C@H]1c1cccc(C)c1. The van der Waals surface area contributed by atoms with Crippen molar-refractivity contribution in [3.8, 4) is 6.07 Å². The zero-order chi connectivity index (χ0) is 16.3. The molecule has 0 unspecified atom stereocenters. The Hall–Kier alpha value is -2.74. The Balaban J connectivity index is 2.62. The van der Waals surface area contributed by atoms with Gasteiger partial charge in [-0.1, -0.05) is 29.8 Å². The van der Waals surface area contributed by atoms with Crippen molar-refractivity contribution >= 4 is 5.97 Å². The molecular weight excluding hydrogens is 280 g/mol. The molecule has 2 N–H and O–H groups in total. The number of hydrogen-bond acceptors (Lipinski definition) is 5. The van der Waals surface area contributed by atoms with Gasteiger partial charge in [-0.05, 0) is 26.3 Å². The minimum absolute atomic E-state index is 0.0274. The van der Waals surface area contributed by atoms with Crippen molar-refractivity contribution < 1.29 is 14.3 Å². The molecule has 0 bridgehead atoms. The third kappa shape index (κ3) is 2.82. The minimum atomic E-state index is -0.572. The lowest BCUT2D eigenvalue weighted by molar-refractivity contribution is -0.139. The third-order valence-corrected chi connectivity index (χ3v) is 3.48. The molecule has 1 aliphatic heterocycles. The largest absolute Gasteiger partial charge is 0.463 e. The Morgan fingerprint density at radius 3 is 2.77 bits per heavy atom. The predicted molar refractivity (Wildman–Crippen MR) is 81.2 cm³/mol. The summed E-state index contributed by atoms with van der Waals surface area (Å²) in [6.45, 7) is 5.57. The van der Waals surface area contributed by atoms with Gasteiger partial charge in [-0.2, -0.15) is 5.26 Å². The van der Waals surface area contributed by atoms with Crippen molar-refractivity contribution in [2.45, 2.75) is 26.7 Å². The third-order valence-electron chi connectivity index (χ3n) is 3.48. The second-order valence-corrected chi connectivity index (χ2v) is 5.03. The maximum Gasteiger partial charge on any atom is 0.338 e. The average Bonchev–Trinajstić information content (AvgIpc) is 2.46. The molecule has 0 radical (unpaired) electrons. The second-order valence-electron chi connectivity index (χ2n) is 5.03. The molecule has 5 heteroatoms. The number of hydrogen-bond donors (Lipinski definition) is 1. The number of nitrogens with two attached hydrogens (primary N) is 1. The van der Waals surface area contributed by atoms with Gasteiger partial charge >= 0.3 is 5.97 Å². The molecule has 0 fully saturated rings. The van der Waals surface area contributed by atoms with E-state index in [4.69, 9.17) is 15.2 Å². The van der Waals surface area contributed by atoms with Crippen LogP contribution in [0.1, 0.15) is 30.9 Å². The van der Waals surface area contributed by atoms with Crippen molar-refractivity contribution in [3.63, 3.8) is 0 Å². The molecule has 1 heterocycles. The fourth-order valence-corrected chi connectivity index (χ4v) is 2.54. The number of allylic oxidation sites excluding steroid dienone is 2. The van der Waals surface area contributed by atoms with Crippen LogP contribution in [0, 0.1) is 18.3 Å². The Morgan fingerprint density at radius 1 is 1.45 bits per heavy atom. The van der Waals surface area contributed by atoms with Crippen LogP contribution in [0.3, 0.4) is 0 Å². The molecular formula is C17H18N2O3. The molecule has 0 spiro atoms. The maximum atomic E-state index is 12.3. The number of aryl methyl sites for hydroxylation is 1. The van der Waals surface area contributed by atoms with Crippen molar-refractivity contribution in [2.75, 3.05) is 6.61 Å². The number of nitriles is 1. The lowest BCUT2D eigenvalue weighted by atomic mass is 9.82. The molecule has 0 aliphatic carbocycles. The number of carbonyl (C=O) groups is 1. The molecule has 0 aromatic heterocycles.